The minimum absolute atomic E-state index is 0.00301. The summed E-state index contributed by atoms with van der Waals surface area (Å²) in [6.07, 6.45) is 4.67. The molecule has 28 heavy (non-hydrogen) atoms. The van der Waals surface area contributed by atoms with E-state index in [1.54, 1.807) is 36.3 Å². The zero-order valence-corrected chi connectivity index (χ0v) is 17.3. The van der Waals surface area contributed by atoms with Gasteiger partial charge in [0, 0.05) is 48.6 Å². The molecule has 0 spiro atoms. The number of aryl methyl sites for hydroxylation is 2. The van der Waals surface area contributed by atoms with Crippen LogP contribution in [0.2, 0.25) is 0 Å². The summed E-state index contributed by atoms with van der Waals surface area (Å²) in [4.78, 5) is 31.9. The van der Waals surface area contributed by atoms with Gasteiger partial charge in [-0.05, 0) is 62.1 Å². The monoisotopic (exact) mass is 397 g/mol. The number of nitrogens with one attached hydrogen (secondary N) is 1. The van der Waals surface area contributed by atoms with E-state index < -0.39 is 0 Å². The molecule has 0 radical (unpaired) electrons. The molecule has 2 heterocycles. The van der Waals surface area contributed by atoms with E-state index in [0.29, 0.717) is 38.0 Å². The summed E-state index contributed by atoms with van der Waals surface area (Å²) >= 11 is 1.76. The number of hydrogen-bond donors (Lipinski definition) is 1. The average molecular weight is 398 g/mol. The lowest BCUT2D eigenvalue weighted by Crippen LogP contribution is -2.43. The molecule has 1 saturated heterocycles. The maximum atomic E-state index is 12.4. The van der Waals surface area contributed by atoms with E-state index in [0.717, 1.165) is 5.75 Å². The van der Waals surface area contributed by atoms with E-state index in [2.05, 4.69) is 42.3 Å². The molecule has 1 aliphatic heterocycles. The van der Waals surface area contributed by atoms with Crippen molar-refractivity contribution in [1.82, 2.24) is 15.2 Å². The second kappa shape index (κ2) is 9.73. The van der Waals surface area contributed by atoms with Gasteiger partial charge in [0.15, 0.2) is 0 Å². The average Bonchev–Trinajstić information content (AvgIpc) is 2.73. The fourth-order valence-electron chi connectivity index (χ4n) is 3.31. The van der Waals surface area contributed by atoms with Gasteiger partial charge in [-0.15, -0.1) is 11.8 Å². The van der Waals surface area contributed by atoms with Gasteiger partial charge in [-0.2, -0.15) is 0 Å². The molecule has 1 fully saturated rings. The molecule has 0 unspecified atom stereocenters. The minimum Gasteiger partial charge on any atom is -0.355 e. The molecule has 3 rings (SSSR count). The fourth-order valence-corrected chi connectivity index (χ4v) is 4.17. The number of carbonyl (C=O) groups excluding carboxylic acids is 2. The molecule has 1 aromatic carbocycles. The molecule has 1 aliphatic rings. The van der Waals surface area contributed by atoms with Crippen LogP contribution in [0.15, 0.2) is 47.6 Å². The zero-order valence-electron chi connectivity index (χ0n) is 16.5. The molecule has 0 aliphatic carbocycles. The number of nitrogens with zero attached hydrogens (tertiary/aromatic N) is 2. The third kappa shape index (κ3) is 5.35. The molecule has 2 aromatic rings. The lowest BCUT2D eigenvalue weighted by molar-refractivity contribution is -0.126. The summed E-state index contributed by atoms with van der Waals surface area (Å²) < 4.78 is 0. The van der Waals surface area contributed by atoms with Crippen molar-refractivity contribution in [3.8, 4) is 0 Å². The summed E-state index contributed by atoms with van der Waals surface area (Å²) in [5, 5.41) is 3.05. The van der Waals surface area contributed by atoms with Crippen LogP contribution in [0, 0.1) is 19.8 Å². The van der Waals surface area contributed by atoms with Crippen LogP contribution in [0.1, 0.15) is 34.3 Å². The van der Waals surface area contributed by atoms with E-state index in [1.165, 1.54) is 16.0 Å². The first-order chi connectivity index (χ1) is 13.5. The van der Waals surface area contributed by atoms with Gasteiger partial charge in [-0.3, -0.25) is 14.6 Å². The number of rotatable bonds is 6. The Bertz CT molecular complexity index is 818. The van der Waals surface area contributed by atoms with Gasteiger partial charge in [0.1, 0.15) is 0 Å². The third-order valence-electron chi connectivity index (χ3n) is 5.21. The van der Waals surface area contributed by atoms with Crippen LogP contribution in [0.5, 0.6) is 0 Å². The topological polar surface area (TPSA) is 62.3 Å². The maximum absolute atomic E-state index is 12.4. The highest BCUT2D eigenvalue weighted by molar-refractivity contribution is 7.99. The molecule has 5 nitrogen and oxygen atoms in total. The summed E-state index contributed by atoms with van der Waals surface area (Å²) in [5.74, 6) is 0.947. The van der Waals surface area contributed by atoms with Crippen LogP contribution >= 0.6 is 11.8 Å². The number of benzene rings is 1. The van der Waals surface area contributed by atoms with Crippen LogP contribution in [-0.4, -0.2) is 47.1 Å². The quantitative estimate of drug-likeness (QED) is 0.599. The number of hydrogen-bond acceptors (Lipinski definition) is 4. The Kier molecular flexibility index (Phi) is 7.09. The van der Waals surface area contributed by atoms with Crippen molar-refractivity contribution in [2.45, 2.75) is 31.6 Å². The Morgan fingerprint density at radius 1 is 1.18 bits per heavy atom. The largest absolute Gasteiger partial charge is 0.355 e. The van der Waals surface area contributed by atoms with E-state index in [9.17, 15) is 9.59 Å². The molecule has 0 saturated carbocycles. The number of aromatic nitrogens is 1. The van der Waals surface area contributed by atoms with E-state index in [-0.39, 0.29) is 17.7 Å². The smallest absolute Gasteiger partial charge is 0.255 e. The Hall–Kier alpha value is -2.34. The Morgan fingerprint density at radius 3 is 2.64 bits per heavy atom. The van der Waals surface area contributed by atoms with E-state index in [1.807, 2.05) is 4.90 Å². The first-order valence-electron chi connectivity index (χ1n) is 9.71. The lowest BCUT2D eigenvalue weighted by atomic mass is 9.95. The molecule has 148 valence electrons. The molecule has 0 atom stereocenters. The van der Waals surface area contributed by atoms with E-state index in [4.69, 9.17) is 0 Å². The SMILES string of the molecule is Cc1ccc(SCCNC(=O)C2CCN(C(=O)c3cccnc3)CC2)cc1C. The van der Waals surface area contributed by atoms with Gasteiger partial charge >= 0.3 is 0 Å². The normalized spacial score (nSPS) is 14.7. The third-order valence-corrected chi connectivity index (χ3v) is 6.21. The van der Waals surface area contributed by atoms with Gasteiger partial charge in [-0.25, -0.2) is 0 Å². The van der Waals surface area contributed by atoms with Crippen molar-refractivity contribution in [2.75, 3.05) is 25.4 Å². The van der Waals surface area contributed by atoms with Gasteiger partial charge in [0.2, 0.25) is 5.91 Å². The second-order valence-corrected chi connectivity index (χ2v) is 8.36. The van der Waals surface area contributed by atoms with Crippen molar-refractivity contribution >= 4 is 23.6 Å². The Balaban J connectivity index is 1.38. The molecule has 6 heteroatoms. The maximum Gasteiger partial charge on any atom is 0.255 e. The summed E-state index contributed by atoms with van der Waals surface area (Å²) in [6, 6.07) is 10.0. The van der Waals surface area contributed by atoms with Crippen LogP contribution in [-0.2, 0) is 4.79 Å². The number of likely N-dealkylation sites (tertiary alicyclic amines) is 1. The van der Waals surface area contributed by atoms with Gasteiger partial charge in [-0.1, -0.05) is 6.07 Å². The minimum atomic E-state index is -0.00966. The predicted molar refractivity (Wildman–Crippen MR) is 113 cm³/mol. The molecular formula is C22H27N3O2S. The van der Waals surface area contributed by atoms with Gasteiger partial charge in [0.05, 0.1) is 5.56 Å². The lowest BCUT2D eigenvalue weighted by Gasteiger charge is -2.31. The number of carbonyl (C=O) groups is 2. The highest BCUT2D eigenvalue weighted by Crippen LogP contribution is 2.21. The molecular weight excluding hydrogens is 370 g/mol. The van der Waals surface area contributed by atoms with Crippen LogP contribution in [0.3, 0.4) is 0 Å². The van der Waals surface area contributed by atoms with Crippen LogP contribution < -0.4 is 5.32 Å². The second-order valence-electron chi connectivity index (χ2n) is 7.19. The van der Waals surface area contributed by atoms with Gasteiger partial charge < -0.3 is 10.2 Å². The fraction of sp³-hybridized carbons (Fsp3) is 0.409. The summed E-state index contributed by atoms with van der Waals surface area (Å²) in [5.41, 5.74) is 3.20. The predicted octanol–water partition coefficient (Wildman–Crippen LogP) is 3.46. The standard InChI is InChI=1S/C22H27N3O2S/c1-16-5-6-20(14-17(16)2)28-13-10-24-21(26)18-7-11-25(12-8-18)22(27)19-4-3-9-23-15-19/h3-6,9,14-15,18H,7-8,10-13H2,1-2H3,(H,24,26). The van der Waals surface area contributed by atoms with Crippen molar-refractivity contribution < 1.29 is 9.59 Å². The van der Waals surface area contributed by atoms with Crippen molar-refractivity contribution in [3.05, 3.63) is 59.4 Å². The van der Waals surface area contributed by atoms with Crippen molar-refractivity contribution in [2.24, 2.45) is 5.92 Å². The highest BCUT2D eigenvalue weighted by atomic mass is 32.2. The highest BCUT2D eigenvalue weighted by Gasteiger charge is 2.27. The summed E-state index contributed by atoms with van der Waals surface area (Å²) in [6.45, 7) is 6.11. The number of amides is 2. The Labute approximate surface area is 170 Å². The molecule has 2 amide bonds. The summed E-state index contributed by atoms with van der Waals surface area (Å²) in [7, 11) is 0. The van der Waals surface area contributed by atoms with Crippen molar-refractivity contribution in [3.63, 3.8) is 0 Å². The number of thioether (sulfide) groups is 1. The van der Waals surface area contributed by atoms with E-state index >= 15 is 0 Å². The first kappa shape index (κ1) is 20.4. The molecule has 1 N–H and O–H groups in total. The molecule has 1 aromatic heterocycles. The molecule has 0 bridgehead atoms. The van der Waals surface area contributed by atoms with Crippen molar-refractivity contribution in [1.29, 1.82) is 0 Å². The first-order valence-corrected chi connectivity index (χ1v) is 10.7. The van der Waals surface area contributed by atoms with Gasteiger partial charge in [0.25, 0.3) is 5.91 Å². The zero-order chi connectivity index (χ0) is 19.9. The van der Waals surface area contributed by atoms with Crippen LogP contribution in [0.25, 0.3) is 0 Å². The number of pyridine rings is 1. The Morgan fingerprint density at radius 2 is 1.96 bits per heavy atom. The number of piperidine rings is 1. The van der Waals surface area contributed by atoms with Crippen LogP contribution in [0.4, 0.5) is 0 Å².